The first-order chi connectivity index (χ1) is 6.49. The molecule has 0 fully saturated rings. The second-order valence-corrected chi connectivity index (χ2v) is 2.58. The number of carboxylic acid groups (broad SMARTS) is 1. The standard InChI is InChI=1S/C7H7N3O4/c8-4-1-5(3-7(11)12)9-6(2-4)10(13)14/h1-2H,3H2,(H2,8,9)(H,11,12). The van der Waals surface area contributed by atoms with Gasteiger partial charge in [-0.15, -0.1) is 0 Å². The highest BCUT2D eigenvalue weighted by Crippen LogP contribution is 2.14. The molecule has 3 N–H and O–H groups in total. The van der Waals surface area contributed by atoms with E-state index in [9.17, 15) is 14.9 Å². The van der Waals surface area contributed by atoms with Gasteiger partial charge in [-0.1, -0.05) is 0 Å². The van der Waals surface area contributed by atoms with Crippen molar-refractivity contribution < 1.29 is 14.8 Å². The summed E-state index contributed by atoms with van der Waals surface area (Å²) in [7, 11) is 0. The Morgan fingerprint density at radius 1 is 1.64 bits per heavy atom. The molecule has 0 aliphatic carbocycles. The molecule has 0 unspecified atom stereocenters. The van der Waals surface area contributed by atoms with E-state index in [0.29, 0.717) is 0 Å². The van der Waals surface area contributed by atoms with Gasteiger partial charge < -0.3 is 21.0 Å². The van der Waals surface area contributed by atoms with Crippen LogP contribution in [0.15, 0.2) is 12.1 Å². The van der Waals surface area contributed by atoms with Crippen LogP contribution in [0.25, 0.3) is 0 Å². The molecule has 74 valence electrons. The molecular formula is C7H7N3O4. The number of carbonyl (C=O) groups is 1. The van der Waals surface area contributed by atoms with Crippen LogP contribution < -0.4 is 5.73 Å². The van der Waals surface area contributed by atoms with Gasteiger partial charge in [-0.05, 0) is 9.91 Å². The van der Waals surface area contributed by atoms with Crippen LogP contribution in [0.5, 0.6) is 0 Å². The molecule has 0 aliphatic rings. The fourth-order valence-electron chi connectivity index (χ4n) is 0.934. The lowest BCUT2D eigenvalue weighted by atomic mass is 10.2. The number of rotatable bonds is 3. The molecule has 0 saturated carbocycles. The number of pyridine rings is 1. The molecule has 7 heteroatoms. The minimum Gasteiger partial charge on any atom is -0.481 e. The third-order valence-electron chi connectivity index (χ3n) is 1.41. The SMILES string of the molecule is Nc1cc(CC(=O)O)nc([N+](=O)[O-])c1. The maximum Gasteiger partial charge on any atom is 0.365 e. The van der Waals surface area contributed by atoms with E-state index in [1.807, 2.05) is 0 Å². The Labute approximate surface area is 78.3 Å². The number of hydrogen-bond donors (Lipinski definition) is 2. The minimum absolute atomic E-state index is 0.0733. The molecule has 0 saturated heterocycles. The third-order valence-corrected chi connectivity index (χ3v) is 1.41. The smallest absolute Gasteiger partial charge is 0.365 e. The highest BCUT2D eigenvalue weighted by Gasteiger charge is 2.14. The van der Waals surface area contributed by atoms with E-state index in [0.717, 1.165) is 6.07 Å². The fraction of sp³-hybridized carbons (Fsp3) is 0.143. The van der Waals surface area contributed by atoms with Crippen molar-refractivity contribution in [1.82, 2.24) is 4.98 Å². The summed E-state index contributed by atoms with van der Waals surface area (Å²) in [5.41, 5.74) is 5.54. The third kappa shape index (κ3) is 2.41. The second kappa shape index (κ2) is 3.69. The van der Waals surface area contributed by atoms with Gasteiger partial charge in [-0.2, -0.15) is 0 Å². The summed E-state index contributed by atoms with van der Waals surface area (Å²) in [6, 6.07) is 2.37. The fourth-order valence-corrected chi connectivity index (χ4v) is 0.934. The molecule has 0 amide bonds. The number of hydrogen-bond acceptors (Lipinski definition) is 5. The average molecular weight is 197 g/mol. The molecule has 0 atom stereocenters. The van der Waals surface area contributed by atoms with Gasteiger partial charge >= 0.3 is 11.8 Å². The van der Waals surface area contributed by atoms with Gasteiger partial charge in [0.15, 0.2) is 5.69 Å². The van der Waals surface area contributed by atoms with Crippen molar-refractivity contribution in [3.63, 3.8) is 0 Å². The normalized spacial score (nSPS) is 9.71. The first-order valence-electron chi connectivity index (χ1n) is 3.61. The van der Waals surface area contributed by atoms with Crippen LogP contribution in [0.2, 0.25) is 0 Å². The largest absolute Gasteiger partial charge is 0.481 e. The van der Waals surface area contributed by atoms with Crippen molar-refractivity contribution in [2.45, 2.75) is 6.42 Å². The Kier molecular flexibility index (Phi) is 2.61. The summed E-state index contributed by atoms with van der Waals surface area (Å²) in [5.74, 6) is -1.56. The maximum atomic E-state index is 10.3. The molecule has 14 heavy (non-hydrogen) atoms. The number of carboxylic acids is 1. The van der Waals surface area contributed by atoms with E-state index in [1.54, 1.807) is 0 Å². The van der Waals surface area contributed by atoms with Gasteiger partial charge in [0.1, 0.15) is 6.42 Å². The molecule has 1 rings (SSSR count). The first-order valence-corrected chi connectivity index (χ1v) is 3.61. The predicted molar refractivity (Wildman–Crippen MR) is 46.6 cm³/mol. The van der Waals surface area contributed by atoms with Crippen LogP contribution in [0, 0.1) is 10.1 Å². The lowest BCUT2D eigenvalue weighted by molar-refractivity contribution is -0.389. The monoisotopic (exact) mass is 197 g/mol. The Bertz CT molecular complexity index is 391. The lowest BCUT2D eigenvalue weighted by Crippen LogP contribution is -2.05. The van der Waals surface area contributed by atoms with E-state index < -0.39 is 16.7 Å². The van der Waals surface area contributed by atoms with Crippen molar-refractivity contribution in [2.75, 3.05) is 5.73 Å². The Balaban J connectivity index is 3.07. The van der Waals surface area contributed by atoms with Crippen molar-refractivity contribution in [3.05, 3.63) is 27.9 Å². The number of aliphatic carboxylic acids is 1. The molecular weight excluding hydrogens is 190 g/mol. The van der Waals surface area contributed by atoms with Gasteiger partial charge in [0, 0.05) is 11.8 Å². The van der Waals surface area contributed by atoms with Crippen LogP contribution in [-0.2, 0) is 11.2 Å². The summed E-state index contributed by atoms with van der Waals surface area (Å²) in [5, 5.41) is 18.8. The second-order valence-electron chi connectivity index (χ2n) is 2.58. The molecule has 0 radical (unpaired) electrons. The highest BCUT2D eigenvalue weighted by atomic mass is 16.6. The number of nitro groups is 1. The van der Waals surface area contributed by atoms with E-state index in [1.165, 1.54) is 6.07 Å². The number of aromatic nitrogens is 1. The zero-order valence-corrected chi connectivity index (χ0v) is 7.01. The van der Waals surface area contributed by atoms with Crippen LogP contribution >= 0.6 is 0 Å². The molecule has 0 bridgehead atoms. The topological polar surface area (TPSA) is 119 Å². The number of nitrogens with two attached hydrogens (primary N) is 1. The van der Waals surface area contributed by atoms with E-state index in [-0.39, 0.29) is 17.8 Å². The summed E-state index contributed by atoms with van der Waals surface area (Å²) in [4.78, 5) is 23.4. The van der Waals surface area contributed by atoms with Gasteiger partial charge in [0.05, 0.1) is 6.07 Å². The average Bonchev–Trinajstić information content (AvgIpc) is 2.01. The number of anilines is 1. The molecule has 1 heterocycles. The molecule has 7 nitrogen and oxygen atoms in total. The van der Waals surface area contributed by atoms with E-state index >= 15 is 0 Å². The summed E-state index contributed by atoms with van der Waals surface area (Å²) >= 11 is 0. The highest BCUT2D eigenvalue weighted by molar-refractivity contribution is 5.70. The number of nitrogens with zero attached hydrogens (tertiary/aromatic N) is 2. The lowest BCUT2D eigenvalue weighted by Gasteiger charge is -1.96. The molecule has 1 aromatic rings. The maximum absolute atomic E-state index is 10.3. The molecule has 1 aromatic heterocycles. The first kappa shape index (κ1) is 9.90. The van der Waals surface area contributed by atoms with Gasteiger partial charge in [0.25, 0.3) is 0 Å². The Hall–Kier alpha value is -2.18. The number of nitrogen functional groups attached to an aromatic ring is 1. The van der Waals surface area contributed by atoms with Crippen LogP contribution in [0.1, 0.15) is 5.69 Å². The molecule has 0 aliphatic heterocycles. The Morgan fingerprint density at radius 2 is 2.29 bits per heavy atom. The van der Waals surface area contributed by atoms with Gasteiger partial charge in [0.2, 0.25) is 0 Å². The molecule has 0 spiro atoms. The van der Waals surface area contributed by atoms with Crippen LogP contribution in [0.4, 0.5) is 11.5 Å². The quantitative estimate of drug-likeness (QED) is 0.527. The summed E-state index contributed by atoms with van der Waals surface area (Å²) in [6.45, 7) is 0. The Morgan fingerprint density at radius 3 is 2.79 bits per heavy atom. The zero-order valence-electron chi connectivity index (χ0n) is 7.01. The van der Waals surface area contributed by atoms with Crippen molar-refractivity contribution in [1.29, 1.82) is 0 Å². The van der Waals surface area contributed by atoms with Crippen molar-refractivity contribution >= 4 is 17.5 Å². The van der Waals surface area contributed by atoms with Crippen molar-refractivity contribution in [2.24, 2.45) is 0 Å². The van der Waals surface area contributed by atoms with Crippen molar-refractivity contribution in [3.8, 4) is 0 Å². The van der Waals surface area contributed by atoms with Gasteiger partial charge in [-0.25, -0.2) is 0 Å². The van der Waals surface area contributed by atoms with Gasteiger partial charge in [-0.3, -0.25) is 4.79 Å². The minimum atomic E-state index is -1.11. The molecule has 0 aromatic carbocycles. The zero-order chi connectivity index (χ0) is 10.7. The van der Waals surface area contributed by atoms with E-state index in [2.05, 4.69) is 4.98 Å². The van der Waals surface area contributed by atoms with Crippen LogP contribution in [-0.4, -0.2) is 21.0 Å². The predicted octanol–water partition coefficient (Wildman–Crippen LogP) is 0.199. The van der Waals surface area contributed by atoms with E-state index in [4.69, 9.17) is 10.8 Å². The van der Waals surface area contributed by atoms with Crippen LogP contribution in [0.3, 0.4) is 0 Å². The summed E-state index contributed by atoms with van der Waals surface area (Å²) < 4.78 is 0. The summed E-state index contributed by atoms with van der Waals surface area (Å²) in [6.07, 6.45) is -0.383.